The van der Waals surface area contributed by atoms with Gasteiger partial charge in [-0.15, -0.1) is 35.3 Å². The van der Waals surface area contributed by atoms with Gasteiger partial charge in [0.2, 0.25) is 0 Å². The lowest BCUT2D eigenvalue weighted by Gasteiger charge is -2.30. The first-order valence-corrected chi connectivity index (χ1v) is 11.2. The van der Waals surface area contributed by atoms with Crippen LogP contribution in [-0.2, 0) is 6.54 Å². The first-order chi connectivity index (χ1) is 13.5. The molecule has 1 fully saturated rings. The second-order valence-electron chi connectivity index (χ2n) is 7.61. The number of halogens is 1. The van der Waals surface area contributed by atoms with Gasteiger partial charge in [0.05, 0.1) is 16.7 Å². The van der Waals surface area contributed by atoms with Gasteiger partial charge in [-0.1, -0.05) is 0 Å². The van der Waals surface area contributed by atoms with Crippen molar-refractivity contribution in [2.24, 2.45) is 10.9 Å². The third kappa shape index (κ3) is 7.57. The van der Waals surface area contributed by atoms with E-state index in [1.807, 2.05) is 19.1 Å². The maximum Gasteiger partial charge on any atom is 0.191 e. The van der Waals surface area contributed by atoms with Gasteiger partial charge in [0.1, 0.15) is 11.5 Å². The highest BCUT2D eigenvalue weighted by molar-refractivity contribution is 14.0. The summed E-state index contributed by atoms with van der Waals surface area (Å²) in [6, 6.07) is 4.11. The third-order valence-corrected chi connectivity index (χ3v) is 5.97. The Kier molecular flexibility index (Phi) is 9.91. The number of aryl methyl sites for hydroxylation is 2. The molecule has 1 aliphatic rings. The largest absolute Gasteiger partial charge is 0.464 e. The number of piperidine rings is 1. The smallest absolute Gasteiger partial charge is 0.191 e. The molecule has 1 saturated heterocycles. The van der Waals surface area contributed by atoms with Gasteiger partial charge >= 0.3 is 0 Å². The van der Waals surface area contributed by atoms with Crippen molar-refractivity contribution in [1.29, 1.82) is 0 Å². The van der Waals surface area contributed by atoms with Crippen molar-refractivity contribution < 1.29 is 4.42 Å². The Morgan fingerprint density at radius 1 is 1.34 bits per heavy atom. The minimum absolute atomic E-state index is 0. The molecule has 0 radical (unpaired) electrons. The summed E-state index contributed by atoms with van der Waals surface area (Å²) in [5.74, 6) is 3.38. The van der Waals surface area contributed by atoms with E-state index in [0.29, 0.717) is 5.92 Å². The van der Waals surface area contributed by atoms with E-state index >= 15 is 0 Å². The lowest BCUT2D eigenvalue weighted by Crippen LogP contribution is -2.39. The molecule has 2 aromatic heterocycles. The average Bonchev–Trinajstić information content (AvgIpc) is 3.29. The average molecular weight is 532 g/mol. The van der Waals surface area contributed by atoms with Crippen LogP contribution in [0.5, 0.6) is 0 Å². The minimum atomic E-state index is 0. The highest BCUT2D eigenvalue weighted by Crippen LogP contribution is 2.20. The molecule has 6 nitrogen and oxygen atoms in total. The van der Waals surface area contributed by atoms with Crippen LogP contribution < -0.4 is 10.6 Å². The molecule has 1 aliphatic heterocycles. The number of aromatic nitrogens is 1. The monoisotopic (exact) mass is 531 g/mol. The maximum absolute atomic E-state index is 5.73. The van der Waals surface area contributed by atoms with Crippen molar-refractivity contribution in [3.63, 3.8) is 0 Å². The number of nitrogens with zero attached hydrogens (tertiary/aromatic N) is 3. The van der Waals surface area contributed by atoms with Gasteiger partial charge in [-0.25, -0.2) is 4.98 Å². The topological polar surface area (TPSA) is 65.7 Å². The summed E-state index contributed by atoms with van der Waals surface area (Å²) >= 11 is 1.74. The van der Waals surface area contributed by atoms with Gasteiger partial charge in [0.25, 0.3) is 0 Å². The highest BCUT2D eigenvalue weighted by atomic mass is 127. The number of guanidine groups is 1. The summed E-state index contributed by atoms with van der Waals surface area (Å²) in [5, 5.41) is 10.1. The first kappa shape index (κ1) is 24.1. The van der Waals surface area contributed by atoms with Crippen molar-refractivity contribution >= 4 is 41.3 Å². The van der Waals surface area contributed by atoms with Gasteiger partial charge in [0.15, 0.2) is 5.96 Å². The van der Waals surface area contributed by atoms with Crippen LogP contribution in [0.4, 0.5) is 0 Å². The van der Waals surface area contributed by atoms with Crippen molar-refractivity contribution in [2.75, 3.05) is 26.2 Å². The predicted molar refractivity (Wildman–Crippen MR) is 131 cm³/mol. The molecule has 0 amide bonds. The molecule has 2 N–H and O–H groups in total. The summed E-state index contributed by atoms with van der Waals surface area (Å²) < 4.78 is 5.73. The Hall–Kier alpha value is -1.13. The molecule has 29 heavy (non-hydrogen) atoms. The molecule has 0 saturated carbocycles. The summed E-state index contributed by atoms with van der Waals surface area (Å²) in [4.78, 5) is 11.9. The van der Waals surface area contributed by atoms with Gasteiger partial charge in [0, 0.05) is 25.0 Å². The lowest BCUT2D eigenvalue weighted by atomic mass is 9.97. The van der Waals surface area contributed by atoms with Crippen LogP contribution in [0.3, 0.4) is 0 Å². The molecule has 1 unspecified atom stereocenters. The molecule has 3 heterocycles. The van der Waals surface area contributed by atoms with Crippen LogP contribution in [-0.4, -0.2) is 42.0 Å². The molecule has 0 aromatic carbocycles. The fraction of sp³-hybridized carbons (Fsp3) is 0.619. The Morgan fingerprint density at radius 3 is 2.69 bits per heavy atom. The molecule has 1 atom stereocenters. The second kappa shape index (κ2) is 11.9. The second-order valence-corrected chi connectivity index (χ2v) is 8.67. The number of hydrogen-bond acceptors (Lipinski definition) is 5. The molecule has 162 valence electrons. The van der Waals surface area contributed by atoms with E-state index in [-0.39, 0.29) is 30.0 Å². The SMILES string of the molecule is CCNC(=NCC1CCN(Cc2csc(C)n2)CC1)NC(C)c1ccc(C)o1.I. The standard InChI is InChI=1S/C21H33N5OS.HI/c1-5-22-21(24-16(3)20-7-6-15(2)27-20)23-12-18-8-10-26(11-9-18)13-19-14-28-17(4)25-19;/h6-7,14,16,18H,5,8-13H2,1-4H3,(H2,22,23,24);1H. The fourth-order valence-electron chi connectivity index (χ4n) is 3.54. The third-order valence-electron chi connectivity index (χ3n) is 5.15. The van der Waals surface area contributed by atoms with Crippen molar-refractivity contribution in [1.82, 2.24) is 20.5 Å². The summed E-state index contributed by atoms with van der Waals surface area (Å²) in [6.07, 6.45) is 2.39. The van der Waals surface area contributed by atoms with E-state index in [0.717, 1.165) is 55.2 Å². The number of rotatable bonds is 7. The summed E-state index contributed by atoms with van der Waals surface area (Å²) in [5.41, 5.74) is 1.21. The van der Waals surface area contributed by atoms with Gasteiger partial charge in [-0.05, 0) is 71.7 Å². The Labute approximate surface area is 195 Å². The molecular weight excluding hydrogens is 497 g/mol. The number of hydrogen-bond donors (Lipinski definition) is 2. The molecule has 0 aliphatic carbocycles. The zero-order valence-electron chi connectivity index (χ0n) is 17.9. The summed E-state index contributed by atoms with van der Waals surface area (Å²) in [6.45, 7) is 13.2. The Morgan fingerprint density at radius 2 is 2.10 bits per heavy atom. The molecule has 0 spiro atoms. The van der Waals surface area contributed by atoms with Gasteiger partial charge in [-0.2, -0.15) is 0 Å². The number of furan rings is 1. The van der Waals surface area contributed by atoms with Crippen molar-refractivity contribution in [3.05, 3.63) is 39.7 Å². The van der Waals surface area contributed by atoms with Crippen LogP contribution in [0.1, 0.15) is 55.0 Å². The van der Waals surface area contributed by atoms with Gasteiger partial charge in [-0.3, -0.25) is 9.89 Å². The van der Waals surface area contributed by atoms with E-state index in [1.54, 1.807) is 11.3 Å². The normalized spacial score (nSPS) is 17.0. The van der Waals surface area contributed by atoms with Crippen LogP contribution in [0.15, 0.2) is 26.9 Å². The Bertz CT molecular complexity index is 767. The fourth-order valence-corrected chi connectivity index (χ4v) is 4.14. The van der Waals surface area contributed by atoms with E-state index in [2.05, 4.69) is 46.7 Å². The molecular formula is C21H34IN5OS. The molecule has 3 rings (SSSR count). The predicted octanol–water partition coefficient (Wildman–Crippen LogP) is 4.50. The first-order valence-electron chi connectivity index (χ1n) is 10.3. The lowest BCUT2D eigenvalue weighted by molar-refractivity contribution is 0.179. The van der Waals surface area contributed by atoms with Crippen LogP contribution in [0.25, 0.3) is 0 Å². The zero-order chi connectivity index (χ0) is 19.9. The van der Waals surface area contributed by atoms with Crippen LogP contribution >= 0.6 is 35.3 Å². The van der Waals surface area contributed by atoms with Crippen molar-refractivity contribution in [3.8, 4) is 0 Å². The van der Waals surface area contributed by atoms with E-state index in [9.17, 15) is 0 Å². The van der Waals surface area contributed by atoms with E-state index in [1.165, 1.54) is 18.5 Å². The molecule has 8 heteroatoms. The minimum Gasteiger partial charge on any atom is -0.464 e. The Balaban J connectivity index is 0.00000300. The van der Waals surface area contributed by atoms with E-state index in [4.69, 9.17) is 9.41 Å². The van der Waals surface area contributed by atoms with Crippen LogP contribution in [0, 0.1) is 19.8 Å². The van der Waals surface area contributed by atoms with Crippen LogP contribution in [0.2, 0.25) is 0 Å². The maximum atomic E-state index is 5.73. The quantitative estimate of drug-likeness (QED) is 0.313. The zero-order valence-corrected chi connectivity index (χ0v) is 21.0. The summed E-state index contributed by atoms with van der Waals surface area (Å²) in [7, 11) is 0. The molecule has 2 aromatic rings. The number of nitrogens with one attached hydrogen (secondary N) is 2. The highest BCUT2D eigenvalue weighted by Gasteiger charge is 2.20. The number of aliphatic imine (C=N–C) groups is 1. The van der Waals surface area contributed by atoms with Crippen molar-refractivity contribution in [2.45, 2.75) is 53.1 Å². The number of likely N-dealkylation sites (tertiary alicyclic amines) is 1. The number of thiazole rings is 1. The van der Waals surface area contributed by atoms with Gasteiger partial charge < -0.3 is 15.1 Å². The molecule has 0 bridgehead atoms. The van der Waals surface area contributed by atoms with E-state index < -0.39 is 0 Å².